The van der Waals surface area contributed by atoms with Crippen molar-refractivity contribution in [3.63, 3.8) is 0 Å². The van der Waals surface area contributed by atoms with Crippen molar-refractivity contribution in [2.24, 2.45) is 5.92 Å². The fourth-order valence-corrected chi connectivity index (χ4v) is 3.82. The number of aromatic nitrogens is 2. The van der Waals surface area contributed by atoms with Crippen LogP contribution in [0.5, 0.6) is 0 Å². The molecule has 1 aromatic carbocycles. The molecule has 2 N–H and O–H groups in total. The molecule has 6 nitrogen and oxygen atoms in total. The first-order valence-corrected chi connectivity index (χ1v) is 10.8. The number of rotatable bonds is 8. The summed E-state index contributed by atoms with van der Waals surface area (Å²) in [5.41, 5.74) is 3.55. The van der Waals surface area contributed by atoms with Crippen LogP contribution in [0.15, 0.2) is 24.3 Å². The number of nitrogens with zero attached hydrogens (tertiary/aromatic N) is 4. The molecule has 2 fully saturated rings. The standard InChI is InChI=1S/C23H30N6/c1-3-4-19-12-22(29-10-9-21(15-29)25-14-17-6-7-17)28-23(26-19)27-20-8-5-16(2)18(11-20)13-24/h5,8,11-12,17,21,25H,3-4,6-7,9-10,14-15H2,1-2H3,(H,26,27,28). The molecule has 0 radical (unpaired) electrons. The second-order valence-corrected chi connectivity index (χ2v) is 8.34. The van der Waals surface area contributed by atoms with E-state index in [1.54, 1.807) is 0 Å². The van der Waals surface area contributed by atoms with Gasteiger partial charge in [0.1, 0.15) is 5.82 Å². The largest absolute Gasteiger partial charge is 0.355 e. The highest BCUT2D eigenvalue weighted by Crippen LogP contribution is 2.28. The highest BCUT2D eigenvalue weighted by molar-refractivity contribution is 5.59. The molecule has 0 bridgehead atoms. The van der Waals surface area contributed by atoms with Gasteiger partial charge < -0.3 is 15.5 Å². The van der Waals surface area contributed by atoms with Crippen LogP contribution in [0.3, 0.4) is 0 Å². The molecule has 152 valence electrons. The maximum absolute atomic E-state index is 9.30. The van der Waals surface area contributed by atoms with Gasteiger partial charge in [-0.2, -0.15) is 10.2 Å². The number of nitriles is 1. The van der Waals surface area contributed by atoms with Gasteiger partial charge in [0, 0.05) is 36.6 Å². The Labute approximate surface area is 173 Å². The van der Waals surface area contributed by atoms with E-state index >= 15 is 0 Å². The summed E-state index contributed by atoms with van der Waals surface area (Å²) in [5.74, 6) is 2.50. The summed E-state index contributed by atoms with van der Waals surface area (Å²) in [7, 11) is 0. The predicted molar refractivity (Wildman–Crippen MR) is 117 cm³/mol. The second kappa shape index (κ2) is 8.79. The number of benzene rings is 1. The van der Waals surface area contributed by atoms with Crippen LogP contribution in [0.1, 0.15) is 49.4 Å². The molecule has 2 aromatic rings. The van der Waals surface area contributed by atoms with Crippen LogP contribution >= 0.6 is 0 Å². The minimum Gasteiger partial charge on any atom is -0.355 e. The Balaban J connectivity index is 1.50. The van der Waals surface area contributed by atoms with Crippen molar-refractivity contribution >= 4 is 17.5 Å². The van der Waals surface area contributed by atoms with Crippen LogP contribution in [0, 0.1) is 24.2 Å². The Morgan fingerprint density at radius 3 is 2.83 bits per heavy atom. The number of hydrogen-bond acceptors (Lipinski definition) is 6. The Bertz CT molecular complexity index is 899. The fraction of sp³-hybridized carbons (Fsp3) is 0.522. The molecule has 2 aliphatic rings. The van der Waals surface area contributed by atoms with Gasteiger partial charge in [0.15, 0.2) is 0 Å². The van der Waals surface area contributed by atoms with Gasteiger partial charge in [-0.1, -0.05) is 19.4 Å². The summed E-state index contributed by atoms with van der Waals surface area (Å²) in [6.45, 7) is 7.29. The molecular formula is C23H30N6. The monoisotopic (exact) mass is 390 g/mol. The molecule has 1 aromatic heterocycles. The lowest BCUT2D eigenvalue weighted by Crippen LogP contribution is -2.34. The highest BCUT2D eigenvalue weighted by atomic mass is 15.3. The van der Waals surface area contributed by atoms with Gasteiger partial charge in [-0.05, 0) is 62.8 Å². The molecule has 0 amide bonds. The molecule has 29 heavy (non-hydrogen) atoms. The van der Waals surface area contributed by atoms with Gasteiger partial charge in [-0.25, -0.2) is 4.98 Å². The predicted octanol–water partition coefficient (Wildman–Crippen LogP) is 3.93. The SMILES string of the molecule is CCCc1cc(N2CCC(NCC3CC3)C2)nc(Nc2ccc(C)c(C#N)c2)n1. The molecule has 1 saturated carbocycles. The normalized spacial score (nSPS) is 18.7. The van der Waals surface area contributed by atoms with Crippen LogP contribution in [-0.2, 0) is 6.42 Å². The maximum atomic E-state index is 9.30. The van der Waals surface area contributed by atoms with Crippen LogP contribution in [0.25, 0.3) is 0 Å². The van der Waals surface area contributed by atoms with Gasteiger partial charge in [0.05, 0.1) is 11.6 Å². The van der Waals surface area contributed by atoms with E-state index in [1.807, 2.05) is 25.1 Å². The minimum atomic E-state index is 0.548. The number of hydrogen-bond donors (Lipinski definition) is 2. The quantitative estimate of drug-likeness (QED) is 0.711. The molecule has 0 spiro atoms. The van der Waals surface area contributed by atoms with E-state index in [0.717, 1.165) is 67.6 Å². The van der Waals surface area contributed by atoms with Gasteiger partial charge in [-0.3, -0.25) is 0 Å². The maximum Gasteiger partial charge on any atom is 0.229 e. The summed E-state index contributed by atoms with van der Waals surface area (Å²) in [4.78, 5) is 11.9. The third-order valence-electron chi connectivity index (χ3n) is 5.79. The Morgan fingerprint density at radius 1 is 1.21 bits per heavy atom. The van der Waals surface area contributed by atoms with Crippen molar-refractivity contribution in [2.75, 3.05) is 29.9 Å². The van der Waals surface area contributed by atoms with Gasteiger partial charge in [0.2, 0.25) is 5.95 Å². The van der Waals surface area contributed by atoms with Crippen LogP contribution in [0.4, 0.5) is 17.5 Å². The first-order chi connectivity index (χ1) is 14.1. The molecule has 4 rings (SSSR count). The summed E-state index contributed by atoms with van der Waals surface area (Å²) >= 11 is 0. The zero-order chi connectivity index (χ0) is 20.2. The zero-order valence-corrected chi connectivity index (χ0v) is 17.4. The Hall–Kier alpha value is -2.65. The van der Waals surface area contributed by atoms with Crippen molar-refractivity contribution in [3.05, 3.63) is 41.1 Å². The van der Waals surface area contributed by atoms with Crippen molar-refractivity contribution in [1.82, 2.24) is 15.3 Å². The van der Waals surface area contributed by atoms with Crippen molar-refractivity contribution in [3.8, 4) is 6.07 Å². The van der Waals surface area contributed by atoms with Gasteiger partial charge in [-0.15, -0.1) is 0 Å². The van der Waals surface area contributed by atoms with Crippen molar-refractivity contribution < 1.29 is 0 Å². The third kappa shape index (κ3) is 5.04. The summed E-state index contributed by atoms with van der Waals surface area (Å²) in [6, 6.07) is 10.7. The Kier molecular flexibility index (Phi) is 5.96. The van der Waals surface area contributed by atoms with Crippen LogP contribution in [0.2, 0.25) is 0 Å². The minimum absolute atomic E-state index is 0.548. The third-order valence-corrected chi connectivity index (χ3v) is 5.79. The number of aryl methyl sites for hydroxylation is 2. The topological polar surface area (TPSA) is 76.9 Å². The molecule has 1 aliphatic carbocycles. The lowest BCUT2D eigenvalue weighted by Gasteiger charge is -2.20. The lowest BCUT2D eigenvalue weighted by molar-refractivity contribution is 0.530. The van der Waals surface area contributed by atoms with Crippen molar-refractivity contribution in [2.45, 2.75) is 52.0 Å². The van der Waals surface area contributed by atoms with E-state index in [2.05, 4.69) is 34.6 Å². The molecular weight excluding hydrogens is 360 g/mol. The fourth-order valence-electron chi connectivity index (χ4n) is 3.82. The van der Waals surface area contributed by atoms with Crippen LogP contribution in [-0.4, -0.2) is 35.6 Å². The van der Waals surface area contributed by atoms with Gasteiger partial charge in [0.25, 0.3) is 0 Å². The van der Waals surface area contributed by atoms with E-state index < -0.39 is 0 Å². The average molecular weight is 391 g/mol. The van der Waals surface area contributed by atoms with E-state index in [0.29, 0.717) is 17.6 Å². The smallest absolute Gasteiger partial charge is 0.229 e. The first kappa shape index (κ1) is 19.7. The van der Waals surface area contributed by atoms with E-state index in [-0.39, 0.29) is 0 Å². The average Bonchev–Trinajstić information content (AvgIpc) is 3.43. The molecule has 1 atom stereocenters. The van der Waals surface area contributed by atoms with E-state index in [4.69, 9.17) is 9.97 Å². The van der Waals surface area contributed by atoms with Gasteiger partial charge >= 0.3 is 0 Å². The van der Waals surface area contributed by atoms with E-state index in [9.17, 15) is 5.26 Å². The first-order valence-electron chi connectivity index (χ1n) is 10.8. The molecule has 1 unspecified atom stereocenters. The summed E-state index contributed by atoms with van der Waals surface area (Å²) < 4.78 is 0. The second-order valence-electron chi connectivity index (χ2n) is 8.34. The summed E-state index contributed by atoms with van der Waals surface area (Å²) in [5, 5.41) is 16.3. The highest BCUT2D eigenvalue weighted by Gasteiger charge is 2.27. The molecule has 6 heteroatoms. The number of anilines is 3. The lowest BCUT2D eigenvalue weighted by atomic mass is 10.1. The van der Waals surface area contributed by atoms with E-state index in [1.165, 1.54) is 12.8 Å². The number of nitrogens with one attached hydrogen (secondary N) is 2. The summed E-state index contributed by atoms with van der Waals surface area (Å²) in [6.07, 6.45) is 5.91. The van der Waals surface area contributed by atoms with Crippen molar-refractivity contribution in [1.29, 1.82) is 5.26 Å². The molecule has 1 saturated heterocycles. The van der Waals surface area contributed by atoms with Crippen LogP contribution < -0.4 is 15.5 Å². The zero-order valence-electron chi connectivity index (χ0n) is 17.4. The molecule has 2 heterocycles. The Morgan fingerprint density at radius 2 is 2.07 bits per heavy atom. The molecule has 1 aliphatic heterocycles.